The van der Waals surface area contributed by atoms with Gasteiger partial charge in [-0.2, -0.15) is 0 Å². The molecule has 0 unspecified atom stereocenters. The topological polar surface area (TPSA) is 81.5 Å². The second-order valence-corrected chi connectivity index (χ2v) is 3.41. The third-order valence-corrected chi connectivity index (χ3v) is 2.15. The van der Waals surface area contributed by atoms with Crippen LogP contribution in [0.5, 0.6) is 0 Å². The number of rotatable bonds is 5. The molecule has 0 aliphatic heterocycles. The Labute approximate surface area is 98.7 Å². The monoisotopic (exact) mass is 238 g/mol. The van der Waals surface area contributed by atoms with E-state index in [0.29, 0.717) is 17.9 Å². The summed E-state index contributed by atoms with van der Waals surface area (Å²) in [4.78, 5) is 21.2. The number of nitro groups is 1. The molecule has 1 rings (SSSR count). The first-order chi connectivity index (χ1) is 8.04. The van der Waals surface area contributed by atoms with Crippen LogP contribution < -0.4 is 5.32 Å². The number of nitro benzene ring substituents is 1. The van der Waals surface area contributed by atoms with Gasteiger partial charge in [0.15, 0.2) is 0 Å². The van der Waals surface area contributed by atoms with Gasteiger partial charge in [-0.1, -0.05) is 0 Å². The smallest absolute Gasteiger partial charge is 0.325 e. The van der Waals surface area contributed by atoms with Gasteiger partial charge >= 0.3 is 5.97 Å². The van der Waals surface area contributed by atoms with Crippen LogP contribution in [0, 0.1) is 17.0 Å². The van der Waals surface area contributed by atoms with Crippen LogP contribution in [0.2, 0.25) is 0 Å². The van der Waals surface area contributed by atoms with E-state index in [9.17, 15) is 14.9 Å². The van der Waals surface area contributed by atoms with Crippen LogP contribution >= 0.6 is 0 Å². The number of non-ortho nitro benzene ring substituents is 1. The first-order valence-corrected chi connectivity index (χ1v) is 5.19. The van der Waals surface area contributed by atoms with Crippen LogP contribution in [0.3, 0.4) is 0 Å². The Morgan fingerprint density at radius 1 is 1.53 bits per heavy atom. The van der Waals surface area contributed by atoms with Gasteiger partial charge < -0.3 is 10.1 Å². The Morgan fingerprint density at radius 3 is 2.76 bits per heavy atom. The van der Waals surface area contributed by atoms with Crippen LogP contribution in [0.15, 0.2) is 18.2 Å². The van der Waals surface area contributed by atoms with E-state index in [-0.39, 0.29) is 18.2 Å². The fourth-order valence-corrected chi connectivity index (χ4v) is 1.34. The minimum absolute atomic E-state index is 0.0317. The zero-order chi connectivity index (χ0) is 12.8. The number of aryl methyl sites for hydroxylation is 1. The Balaban J connectivity index is 2.66. The quantitative estimate of drug-likeness (QED) is 0.481. The fourth-order valence-electron chi connectivity index (χ4n) is 1.34. The maximum Gasteiger partial charge on any atom is 0.325 e. The van der Waals surface area contributed by atoms with Crippen LogP contribution in [0.4, 0.5) is 11.4 Å². The van der Waals surface area contributed by atoms with Crippen molar-refractivity contribution in [2.24, 2.45) is 0 Å². The normalized spacial score (nSPS) is 9.76. The largest absolute Gasteiger partial charge is 0.465 e. The highest BCUT2D eigenvalue weighted by molar-refractivity contribution is 5.75. The Kier molecular flexibility index (Phi) is 4.45. The van der Waals surface area contributed by atoms with Gasteiger partial charge in [0.2, 0.25) is 0 Å². The molecule has 0 saturated carbocycles. The van der Waals surface area contributed by atoms with Crippen molar-refractivity contribution in [3.63, 3.8) is 0 Å². The maximum atomic E-state index is 11.1. The number of hydrogen-bond acceptors (Lipinski definition) is 5. The zero-order valence-electron chi connectivity index (χ0n) is 9.73. The molecule has 0 radical (unpaired) electrons. The highest BCUT2D eigenvalue weighted by Crippen LogP contribution is 2.20. The fraction of sp³-hybridized carbons (Fsp3) is 0.364. The summed E-state index contributed by atoms with van der Waals surface area (Å²) in [5, 5.41) is 13.4. The number of carbonyl (C=O) groups excluding carboxylic acids is 1. The highest BCUT2D eigenvalue weighted by atomic mass is 16.6. The second kappa shape index (κ2) is 5.83. The minimum Gasteiger partial charge on any atom is -0.465 e. The van der Waals surface area contributed by atoms with Gasteiger partial charge in [-0.25, -0.2) is 0 Å². The molecule has 0 amide bonds. The van der Waals surface area contributed by atoms with Gasteiger partial charge in [-0.05, 0) is 25.5 Å². The van der Waals surface area contributed by atoms with Crippen LogP contribution in [0.25, 0.3) is 0 Å². The number of carbonyl (C=O) groups is 1. The zero-order valence-corrected chi connectivity index (χ0v) is 9.73. The molecule has 0 aliphatic rings. The molecule has 0 spiro atoms. The molecule has 0 heterocycles. The van der Waals surface area contributed by atoms with Gasteiger partial charge in [-0.15, -0.1) is 0 Å². The molecule has 6 nitrogen and oxygen atoms in total. The average molecular weight is 238 g/mol. The summed E-state index contributed by atoms with van der Waals surface area (Å²) in [6.07, 6.45) is 0. The maximum absolute atomic E-state index is 11.1. The molecule has 0 bridgehead atoms. The van der Waals surface area contributed by atoms with Gasteiger partial charge in [0.1, 0.15) is 6.54 Å². The predicted molar refractivity (Wildman–Crippen MR) is 63.0 cm³/mol. The van der Waals surface area contributed by atoms with Crippen molar-refractivity contribution < 1.29 is 14.5 Å². The van der Waals surface area contributed by atoms with Crippen molar-refractivity contribution >= 4 is 17.3 Å². The summed E-state index contributed by atoms with van der Waals surface area (Å²) in [5.74, 6) is -0.356. The second-order valence-electron chi connectivity index (χ2n) is 3.41. The van der Waals surface area contributed by atoms with E-state index in [0.717, 1.165) is 0 Å². The summed E-state index contributed by atoms with van der Waals surface area (Å²) in [6, 6.07) is 4.42. The van der Waals surface area contributed by atoms with Gasteiger partial charge in [0, 0.05) is 17.8 Å². The molecule has 0 fully saturated rings. The Morgan fingerprint density at radius 2 is 2.24 bits per heavy atom. The first kappa shape index (κ1) is 13.0. The average Bonchev–Trinajstić information content (AvgIpc) is 2.27. The van der Waals surface area contributed by atoms with Gasteiger partial charge in [0.25, 0.3) is 5.69 Å². The summed E-state index contributed by atoms with van der Waals surface area (Å²) in [6.45, 7) is 3.85. The molecular weight excluding hydrogens is 224 g/mol. The summed E-state index contributed by atoms with van der Waals surface area (Å²) >= 11 is 0. The van der Waals surface area contributed by atoms with Crippen LogP contribution in [-0.4, -0.2) is 24.0 Å². The third kappa shape index (κ3) is 3.75. The van der Waals surface area contributed by atoms with Crippen molar-refractivity contribution in [2.45, 2.75) is 13.8 Å². The number of hydrogen-bond donors (Lipinski definition) is 1. The minimum atomic E-state index is -0.456. The lowest BCUT2D eigenvalue weighted by atomic mass is 10.2. The molecule has 1 aromatic rings. The molecule has 17 heavy (non-hydrogen) atoms. The Bertz CT molecular complexity index is 431. The number of nitrogens with one attached hydrogen (secondary N) is 1. The lowest BCUT2D eigenvalue weighted by Gasteiger charge is -2.08. The van der Waals surface area contributed by atoms with E-state index < -0.39 is 4.92 Å². The van der Waals surface area contributed by atoms with Crippen molar-refractivity contribution in [1.82, 2.24) is 0 Å². The van der Waals surface area contributed by atoms with E-state index in [2.05, 4.69) is 5.32 Å². The molecule has 1 aromatic carbocycles. The van der Waals surface area contributed by atoms with Crippen molar-refractivity contribution in [3.8, 4) is 0 Å². The molecule has 0 aromatic heterocycles. The SMILES string of the molecule is CCOC(=O)CNc1ccc([N+](=O)[O-])cc1C. The molecular formula is C11H14N2O4. The van der Waals surface area contributed by atoms with E-state index >= 15 is 0 Å². The summed E-state index contributed by atoms with van der Waals surface area (Å²) in [7, 11) is 0. The molecule has 0 atom stereocenters. The summed E-state index contributed by atoms with van der Waals surface area (Å²) < 4.78 is 4.76. The van der Waals surface area contributed by atoms with Crippen LogP contribution in [-0.2, 0) is 9.53 Å². The van der Waals surface area contributed by atoms with Gasteiger partial charge in [0.05, 0.1) is 11.5 Å². The van der Waals surface area contributed by atoms with Crippen molar-refractivity contribution in [1.29, 1.82) is 0 Å². The van der Waals surface area contributed by atoms with E-state index in [1.165, 1.54) is 12.1 Å². The number of benzene rings is 1. The number of esters is 1. The van der Waals surface area contributed by atoms with Crippen molar-refractivity contribution in [3.05, 3.63) is 33.9 Å². The van der Waals surface area contributed by atoms with E-state index in [1.807, 2.05) is 0 Å². The lowest BCUT2D eigenvalue weighted by molar-refractivity contribution is -0.384. The lowest BCUT2D eigenvalue weighted by Crippen LogP contribution is -2.17. The third-order valence-electron chi connectivity index (χ3n) is 2.15. The number of nitrogens with zero attached hydrogens (tertiary/aromatic N) is 1. The molecule has 6 heteroatoms. The van der Waals surface area contributed by atoms with Gasteiger partial charge in [-0.3, -0.25) is 14.9 Å². The molecule has 92 valence electrons. The molecule has 0 saturated heterocycles. The summed E-state index contributed by atoms with van der Waals surface area (Å²) in [5.41, 5.74) is 1.43. The molecule has 1 N–H and O–H groups in total. The van der Waals surface area contributed by atoms with Crippen molar-refractivity contribution in [2.75, 3.05) is 18.5 Å². The first-order valence-electron chi connectivity index (χ1n) is 5.19. The molecule has 0 aliphatic carbocycles. The predicted octanol–water partition coefficient (Wildman–Crippen LogP) is 1.88. The standard InChI is InChI=1S/C11H14N2O4/c1-3-17-11(14)7-12-10-5-4-9(13(15)16)6-8(10)2/h4-6,12H,3,7H2,1-2H3. The highest BCUT2D eigenvalue weighted by Gasteiger charge is 2.08. The Hall–Kier alpha value is -2.11. The van der Waals surface area contributed by atoms with E-state index in [4.69, 9.17) is 4.74 Å². The van der Waals surface area contributed by atoms with Crippen LogP contribution in [0.1, 0.15) is 12.5 Å². The number of ether oxygens (including phenoxy) is 1. The number of anilines is 1. The van der Waals surface area contributed by atoms with E-state index in [1.54, 1.807) is 19.9 Å².